The Morgan fingerprint density at radius 3 is 2.79 bits per heavy atom. The number of aliphatic imine (C=N–C) groups is 1. The number of amides is 1. The third-order valence-electron chi connectivity index (χ3n) is 2.38. The zero-order valence-corrected chi connectivity index (χ0v) is 12.9. The summed E-state index contributed by atoms with van der Waals surface area (Å²) in [6.45, 7) is 7.70. The van der Waals surface area contributed by atoms with Crippen LogP contribution in [0, 0.1) is 0 Å². The summed E-state index contributed by atoms with van der Waals surface area (Å²) >= 11 is 0. The largest absolute Gasteiger partial charge is 0.444 e. The SMILES string of the molecule is CS(=O)CCNC1=NCCN(C(=O)OC(C)(C)C)C1. The molecule has 1 rings (SSSR count). The van der Waals surface area contributed by atoms with Gasteiger partial charge in [-0.15, -0.1) is 0 Å². The van der Waals surface area contributed by atoms with E-state index in [1.165, 1.54) is 0 Å². The van der Waals surface area contributed by atoms with Gasteiger partial charge in [0, 0.05) is 35.9 Å². The molecule has 1 N–H and O–H groups in total. The standard InChI is InChI=1S/C12H23N3O3S/c1-12(2,3)18-11(16)15-7-5-13-10(9-15)14-6-8-19(4)17/h5-9H2,1-4H3,(H,13,14). The lowest BCUT2D eigenvalue weighted by atomic mass is 10.2. The molecule has 0 aliphatic carbocycles. The fourth-order valence-electron chi connectivity index (χ4n) is 1.55. The highest BCUT2D eigenvalue weighted by atomic mass is 32.2. The number of hydrogen-bond acceptors (Lipinski definition) is 5. The third kappa shape index (κ3) is 6.56. The summed E-state index contributed by atoms with van der Waals surface area (Å²) in [5.74, 6) is 1.33. The molecule has 7 heteroatoms. The molecular weight excluding hydrogens is 266 g/mol. The molecule has 19 heavy (non-hydrogen) atoms. The van der Waals surface area contributed by atoms with Crippen LogP contribution in [-0.2, 0) is 15.5 Å². The Hall–Kier alpha value is -1.11. The lowest BCUT2D eigenvalue weighted by molar-refractivity contribution is 0.0276. The van der Waals surface area contributed by atoms with E-state index in [-0.39, 0.29) is 6.09 Å². The molecule has 0 aromatic carbocycles. The van der Waals surface area contributed by atoms with E-state index in [2.05, 4.69) is 10.3 Å². The number of carbonyl (C=O) groups excluding carboxylic acids is 1. The number of ether oxygens (including phenoxy) is 1. The summed E-state index contributed by atoms with van der Waals surface area (Å²) in [7, 11) is -0.824. The number of nitrogens with one attached hydrogen (secondary N) is 1. The summed E-state index contributed by atoms with van der Waals surface area (Å²) < 4.78 is 16.3. The molecule has 6 nitrogen and oxygen atoms in total. The summed E-state index contributed by atoms with van der Waals surface area (Å²) in [5.41, 5.74) is -0.488. The Morgan fingerprint density at radius 1 is 1.53 bits per heavy atom. The fourth-order valence-corrected chi connectivity index (χ4v) is 1.94. The van der Waals surface area contributed by atoms with E-state index in [9.17, 15) is 9.00 Å². The van der Waals surface area contributed by atoms with Crippen LogP contribution in [0.4, 0.5) is 4.79 Å². The molecule has 0 fully saturated rings. The third-order valence-corrected chi connectivity index (χ3v) is 3.16. The quantitative estimate of drug-likeness (QED) is 0.826. The monoisotopic (exact) mass is 289 g/mol. The molecule has 0 saturated carbocycles. The molecule has 0 aromatic heterocycles. The Morgan fingerprint density at radius 2 is 2.21 bits per heavy atom. The van der Waals surface area contributed by atoms with Gasteiger partial charge >= 0.3 is 6.09 Å². The van der Waals surface area contributed by atoms with Crippen LogP contribution in [-0.4, -0.2) is 64.8 Å². The van der Waals surface area contributed by atoms with Crippen LogP contribution in [0.1, 0.15) is 20.8 Å². The molecule has 0 spiro atoms. The van der Waals surface area contributed by atoms with E-state index < -0.39 is 16.4 Å². The van der Waals surface area contributed by atoms with Gasteiger partial charge in [0.05, 0.1) is 13.1 Å². The van der Waals surface area contributed by atoms with Gasteiger partial charge in [-0.3, -0.25) is 14.1 Å². The second-order valence-electron chi connectivity index (χ2n) is 5.43. The number of amidine groups is 1. The van der Waals surface area contributed by atoms with Crippen LogP contribution in [0.3, 0.4) is 0 Å². The van der Waals surface area contributed by atoms with Crippen molar-refractivity contribution in [3.8, 4) is 0 Å². The summed E-state index contributed by atoms with van der Waals surface area (Å²) in [4.78, 5) is 17.9. The van der Waals surface area contributed by atoms with E-state index in [1.807, 2.05) is 20.8 Å². The first-order valence-electron chi connectivity index (χ1n) is 6.33. The molecule has 1 aliphatic rings. The minimum atomic E-state index is -0.824. The predicted molar refractivity (Wildman–Crippen MR) is 77.0 cm³/mol. The lowest BCUT2D eigenvalue weighted by Crippen LogP contribution is -2.47. The van der Waals surface area contributed by atoms with Crippen molar-refractivity contribution in [1.82, 2.24) is 10.2 Å². The van der Waals surface area contributed by atoms with E-state index in [4.69, 9.17) is 4.74 Å². The van der Waals surface area contributed by atoms with Crippen molar-refractivity contribution in [3.05, 3.63) is 0 Å². The van der Waals surface area contributed by atoms with Gasteiger partial charge in [0.25, 0.3) is 0 Å². The minimum absolute atomic E-state index is 0.319. The van der Waals surface area contributed by atoms with Crippen LogP contribution in [0.15, 0.2) is 4.99 Å². The first-order valence-corrected chi connectivity index (χ1v) is 8.06. The molecule has 1 unspecified atom stereocenters. The maximum atomic E-state index is 11.9. The van der Waals surface area contributed by atoms with E-state index in [1.54, 1.807) is 11.2 Å². The molecule has 0 bridgehead atoms. The molecule has 0 saturated heterocycles. The van der Waals surface area contributed by atoms with Gasteiger partial charge in [-0.2, -0.15) is 0 Å². The van der Waals surface area contributed by atoms with E-state index in [0.29, 0.717) is 31.9 Å². The molecule has 110 valence electrons. The second-order valence-corrected chi connectivity index (χ2v) is 6.99. The molecule has 0 aromatic rings. The average molecular weight is 289 g/mol. The number of nitrogens with zero attached hydrogens (tertiary/aromatic N) is 2. The molecule has 0 radical (unpaired) electrons. The number of carbonyl (C=O) groups is 1. The number of rotatable bonds is 3. The van der Waals surface area contributed by atoms with Gasteiger partial charge in [-0.1, -0.05) is 0 Å². The van der Waals surface area contributed by atoms with E-state index in [0.717, 1.165) is 5.84 Å². The van der Waals surface area contributed by atoms with Crippen LogP contribution in [0.25, 0.3) is 0 Å². The zero-order valence-electron chi connectivity index (χ0n) is 12.1. The normalized spacial score (nSPS) is 17.7. The van der Waals surface area contributed by atoms with E-state index >= 15 is 0 Å². The highest BCUT2D eigenvalue weighted by molar-refractivity contribution is 7.84. The zero-order chi connectivity index (χ0) is 14.5. The van der Waals surface area contributed by atoms with Crippen molar-refractivity contribution in [2.45, 2.75) is 26.4 Å². The second kappa shape index (κ2) is 6.88. The maximum absolute atomic E-state index is 11.9. The Labute approximate surface area is 117 Å². The number of hydrogen-bond donors (Lipinski definition) is 1. The van der Waals surface area contributed by atoms with Gasteiger partial charge in [0.15, 0.2) is 0 Å². The van der Waals surface area contributed by atoms with Gasteiger partial charge in [-0.25, -0.2) is 4.79 Å². The van der Waals surface area contributed by atoms with Crippen molar-refractivity contribution < 1.29 is 13.7 Å². The molecular formula is C12H23N3O3S. The molecule has 1 amide bonds. The molecule has 1 atom stereocenters. The van der Waals surface area contributed by atoms with Crippen LogP contribution < -0.4 is 5.32 Å². The van der Waals surface area contributed by atoms with Crippen LogP contribution in [0.5, 0.6) is 0 Å². The topological polar surface area (TPSA) is 71.0 Å². The average Bonchev–Trinajstić information content (AvgIpc) is 2.26. The summed E-state index contributed by atoms with van der Waals surface area (Å²) in [5, 5.41) is 3.11. The predicted octanol–water partition coefficient (Wildman–Crippen LogP) is 0.604. The van der Waals surface area contributed by atoms with Crippen molar-refractivity contribution in [2.75, 3.05) is 38.2 Å². The van der Waals surface area contributed by atoms with Gasteiger partial charge in [0.1, 0.15) is 11.4 Å². The Kier molecular flexibility index (Phi) is 5.78. The highest BCUT2D eigenvalue weighted by Crippen LogP contribution is 2.10. The summed E-state index contributed by atoms with van der Waals surface area (Å²) in [6.07, 6.45) is 1.35. The minimum Gasteiger partial charge on any atom is -0.444 e. The highest BCUT2D eigenvalue weighted by Gasteiger charge is 2.24. The van der Waals surface area contributed by atoms with Gasteiger partial charge in [0.2, 0.25) is 0 Å². The van der Waals surface area contributed by atoms with Crippen LogP contribution in [0.2, 0.25) is 0 Å². The van der Waals surface area contributed by atoms with Crippen molar-refractivity contribution in [2.24, 2.45) is 4.99 Å². The lowest BCUT2D eigenvalue weighted by Gasteiger charge is -2.29. The first kappa shape index (κ1) is 15.9. The first-order chi connectivity index (χ1) is 8.78. The van der Waals surface area contributed by atoms with Gasteiger partial charge in [-0.05, 0) is 20.8 Å². The van der Waals surface area contributed by atoms with Crippen molar-refractivity contribution >= 4 is 22.7 Å². The summed E-state index contributed by atoms with van der Waals surface area (Å²) in [6, 6.07) is 0. The van der Waals surface area contributed by atoms with Crippen molar-refractivity contribution in [1.29, 1.82) is 0 Å². The fraction of sp³-hybridized carbons (Fsp3) is 0.833. The van der Waals surface area contributed by atoms with Gasteiger partial charge < -0.3 is 10.1 Å². The van der Waals surface area contributed by atoms with Crippen LogP contribution >= 0.6 is 0 Å². The maximum Gasteiger partial charge on any atom is 0.410 e. The van der Waals surface area contributed by atoms with Crippen molar-refractivity contribution in [3.63, 3.8) is 0 Å². The molecule has 1 aliphatic heterocycles. The molecule has 1 heterocycles. The smallest absolute Gasteiger partial charge is 0.410 e. The Balaban J connectivity index is 2.42. The Bertz CT molecular complexity index is 377.